The number of rotatable bonds is 8. The normalized spacial score (nSPS) is 10.9. The first-order chi connectivity index (χ1) is 11.7. The summed E-state index contributed by atoms with van der Waals surface area (Å²) in [5.74, 6) is -0.344. The summed E-state index contributed by atoms with van der Waals surface area (Å²) in [6, 6.07) is 17.7. The number of benzene rings is 2. The van der Waals surface area contributed by atoms with Gasteiger partial charge in [0.2, 0.25) is 0 Å². The predicted octanol–water partition coefficient (Wildman–Crippen LogP) is 4.96. The molecule has 126 valence electrons. The van der Waals surface area contributed by atoms with Gasteiger partial charge in [-0.25, -0.2) is 5.06 Å². The predicted molar refractivity (Wildman–Crippen MR) is 98.0 cm³/mol. The van der Waals surface area contributed by atoms with Crippen LogP contribution in [0.25, 0.3) is 6.08 Å². The monoisotopic (exact) mass is 323 g/mol. The second-order valence-corrected chi connectivity index (χ2v) is 5.83. The van der Waals surface area contributed by atoms with E-state index in [-0.39, 0.29) is 5.91 Å². The molecule has 0 aliphatic rings. The molecule has 3 nitrogen and oxygen atoms in total. The van der Waals surface area contributed by atoms with E-state index in [9.17, 15) is 10.0 Å². The SMILES string of the molecule is CCCCN(O)C(=O)c1ccc(/C=C/CCc2ccccc2)cc1. The van der Waals surface area contributed by atoms with Gasteiger partial charge in [-0.1, -0.05) is 68.0 Å². The highest BCUT2D eigenvalue weighted by molar-refractivity contribution is 5.93. The van der Waals surface area contributed by atoms with E-state index in [0.29, 0.717) is 12.1 Å². The van der Waals surface area contributed by atoms with Crippen LogP contribution in [-0.4, -0.2) is 22.7 Å². The van der Waals surface area contributed by atoms with Crippen molar-refractivity contribution in [2.24, 2.45) is 0 Å². The van der Waals surface area contributed by atoms with Crippen LogP contribution < -0.4 is 0 Å². The van der Waals surface area contributed by atoms with Gasteiger partial charge in [0.25, 0.3) is 5.91 Å². The number of carbonyl (C=O) groups excluding carboxylic acids is 1. The van der Waals surface area contributed by atoms with Crippen LogP contribution in [0, 0.1) is 0 Å². The van der Waals surface area contributed by atoms with Crippen molar-refractivity contribution in [2.45, 2.75) is 32.6 Å². The number of hydroxylamine groups is 2. The fourth-order valence-electron chi connectivity index (χ4n) is 2.41. The second kappa shape index (κ2) is 9.68. The quantitative estimate of drug-likeness (QED) is 0.551. The fourth-order valence-corrected chi connectivity index (χ4v) is 2.41. The Bertz CT molecular complexity index is 647. The number of hydrogen-bond donors (Lipinski definition) is 1. The number of amides is 1. The smallest absolute Gasteiger partial charge is 0.277 e. The van der Waals surface area contributed by atoms with Crippen LogP contribution in [0.1, 0.15) is 47.7 Å². The zero-order valence-corrected chi connectivity index (χ0v) is 14.2. The molecule has 2 aromatic carbocycles. The van der Waals surface area contributed by atoms with Crippen LogP contribution in [-0.2, 0) is 6.42 Å². The zero-order chi connectivity index (χ0) is 17.2. The van der Waals surface area contributed by atoms with Crippen LogP contribution in [0.5, 0.6) is 0 Å². The summed E-state index contributed by atoms with van der Waals surface area (Å²) in [7, 11) is 0. The van der Waals surface area contributed by atoms with Gasteiger partial charge >= 0.3 is 0 Å². The van der Waals surface area contributed by atoms with Crippen molar-refractivity contribution in [3.8, 4) is 0 Å². The van der Waals surface area contributed by atoms with E-state index >= 15 is 0 Å². The second-order valence-electron chi connectivity index (χ2n) is 5.83. The summed E-state index contributed by atoms with van der Waals surface area (Å²) in [6.07, 6.45) is 7.94. The summed E-state index contributed by atoms with van der Waals surface area (Å²) in [5, 5.41) is 10.5. The van der Waals surface area contributed by atoms with Crippen LogP contribution in [0.3, 0.4) is 0 Å². The number of hydrogen-bond acceptors (Lipinski definition) is 2. The molecule has 2 rings (SSSR count). The van der Waals surface area contributed by atoms with E-state index in [1.165, 1.54) is 5.56 Å². The third-order valence-electron chi connectivity index (χ3n) is 3.87. The molecule has 0 bridgehead atoms. The molecule has 0 atom stereocenters. The van der Waals surface area contributed by atoms with E-state index in [1.807, 2.05) is 25.1 Å². The molecule has 3 heteroatoms. The Morgan fingerprint density at radius 1 is 1.08 bits per heavy atom. The maximum atomic E-state index is 12.0. The Morgan fingerprint density at radius 3 is 2.46 bits per heavy atom. The minimum Gasteiger partial charge on any atom is -0.286 e. The average molecular weight is 323 g/mol. The molecule has 0 saturated carbocycles. The van der Waals surface area contributed by atoms with Crippen molar-refractivity contribution in [3.05, 3.63) is 77.4 Å². The maximum absolute atomic E-state index is 12.0. The summed E-state index contributed by atoms with van der Waals surface area (Å²) in [4.78, 5) is 12.0. The lowest BCUT2D eigenvalue weighted by molar-refractivity contribution is -0.0586. The Labute approximate surface area is 144 Å². The fraction of sp³-hybridized carbons (Fsp3) is 0.286. The Hall–Kier alpha value is -2.39. The third-order valence-corrected chi connectivity index (χ3v) is 3.87. The van der Waals surface area contributed by atoms with Gasteiger partial charge in [0.05, 0.1) is 0 Å². The molecule has 0 spiro atoms. The highest BCUT2D eigenvalue weighted by atomic mass is 16.5. The van der Waals surface area contributed by atoms with Gasteiger partial charge in [-0.2, -0.15) is 0 Å². The molecule has 0 heterocycles. The maximum Gasteiger partial charge on any atom is 0.277 e. The summed E-state index contributed by atoms with van der Waals surface area (Å²) < 4.78 is 0. The standard InChI is InChI=1S/C21H25NO2/c1-2-3-17-22(24)21(23)20-15-13-19(14-16-20)12-8-7-11-18-9-5-4-6-10-18/h4-6,8-10,12-16,24H,2-3,7,11,17H2,1H3/b12-8+. The first kappa shape index (κ1) is 18.0. The topological polar surface area (TPSA) is 40.5 Å². The van der Waals surface area contributed by atoms with Crippen molar-refractivity contribution in [3.63, 3.8) is 0 Å². The molecule has 0 saturated heterocycles. The Kier molecular flexibility index (Phi) is 7.24. The van der Waals surface area contributed by atoms with Gasteiger partial charge in [0.1, 0.15) is 0 Å². The Balaban J connectivity index is 1.85. The van der Waals surface area contributed by atoms with Gasteiger partial charge in [-0.05, 0) is 42.5 Å². The van der Waals surface area contributed by atoms with Gasteiger partial charge in [-0.3, -0.25) is 10.0 Å². The molecule has 0 unspecified atom stereocenters. The lowest BCUT2D eigenvalue weighted by atomic mass is 10.1. The van der Waals surface area contributed by atoms with Crippen LogP contribution >= 0.6 is 0 Å². The number of unbranched alkanes of at least 4 members (excludes halogenated alkanes) is 1. The average Bonchev–Trinajstić information content (AvgIpc) is 2.64. The highest BCUT2D eigenvalue weighted by Crippen LogP contribution is 2.10. The molecule has 0 aromatic heterocycles. The number of aryl methyl sites for hydroxylation is 1. The van der Waals surface area contributed by atoms with Crippen LogP contribution in [0.15, 0.2) is 60.7 Å². The number of allylic oxidation sites excluding steroid dienone is 1. The highest BCUT2D eigenvalue weighted by Gasteiger charge is 2.12. The molecule has 0 aliphatic heterocycles. The van der Waals surface area contributed by atoms with E-state index in [1.54, 1.807) is 12.1 Å². The molecule has 0 radical (unpaired) electrons. The van der Waals surface area contributed by atoms with E-state index in [4.69, 9.17) is 0 Å². The van der Waals surface area contributed by atoms with Crippen LogP contribution in [0.2, 0.25) is 0 Å². The van der Waals surface area contributed by atoms with Gasteiger partial charge in [-0.15, -0.1) is 0 Å². The van der Waals surface area contributed by atoms with Gasteiger partial charge in [0.15, 0.2) is 0 Å². The number of nitrogens with zero attached hydrogens (tertiary/aromatic N) is 1. The minimum absolute atomic E-state index is 0.344. The summed E-state index contributed by atoms with van der Waals surface area (Å²) in [5.41, 5.74) is 2.89. The largest absolute Gasteiger partial charge is 0.286 e. The van der Waals surface area contributed by atoms with Crippen molar-refractivity contribution in [2.75, 3.05) is 6.54 Å². The molecule has 24 heavy (non-hydrogen) atoms. The molecule has 1 amide bonds. The summed E-state index contributed by atoms with van der Waals surface area (Å²) >= 11 is 0. The first-order valence-corrected chi connectivity index (χ1v) is 8.52. The van der Waals surface area contributed by atoms with Crippen molar-refractivity contribution in [1.29, 1.82) is 0 Å². The lowest BCUT2D eigenvalue weighted by Crippen LogP contribution is -2.28. The molecular weight excluding hydrogens is 298 g/mol. The summed E-state index contributed by atoms with van der Waals surface area (Å²) in [6.45, 7) is 2.40. The zero-order valence-electron chi connectivity index (χ0n) is 14.2. The number of carbonyl (C=O) groups is 1. The van der Waals surface area contributed by atoms with E-state index in [2.05, 4.69) is 36.4 Å². The van der Waals surface area contributed by atoms with Crippen molar-refractivity contribution in [1.82, 2.24) is 5.06 Å². The molecular formula is C21H25NO2. The lowest BCUT2D eigenvalue weighted by Gasteiger charge is -2.14. The molecule has 0 aliphatic carbocycles. The third kappa shape index (κ3) is 5.67. The van der Waals surface area contributed by atoms with E-state index < -0.39 is 0 Å². The Morgan fingerprint density at radius 2 is 1.79 bits per heavy atom. The van der Waals surface area contributed by atoms with Gasteiger partial charge in [0, 0.05) is 12.1 Å². The van der Waals surface area contributed by atoms with Crippen LogP contribution in [0.4, 0.5) is 0 Å². The van der Waals surface area contributed by atoms with E-state index in [0.717, 1.165) is 36.3 Å². The molecule has 2 aromatic rings. The molecule has 1 N–H and O–H groups in total. The van der Waals surface area contributed by atoms with Crippen molar-refractivity contribution < 1.29 is 10.0 Å². The first-order valence-electron chi connectivity index (χ1n) is 8.52. The molecule has 0 fully saturated rings. The minimum atomic E-state index is -0.344. The van der Waals surface area contributed by atoms with Crippen molar-refractivity contribution >= 4 is 12.0 Å². The van der Waals surface area contributed by atoms with Gasteiger partial charge < -0.3 is 0 Å².